The Labute approximate surface area is 77.4 Å². The van der Waals surface area contributed by atoms with Crippen LogP contribution in [-0.4, -0.2) is 4.57 Å². The van der Waals surface area contributed by atoms with E-state index in [9.17, 15) is 0 Å². The van der Waals surface area contributed by atoms with Crippen LogP contribution in [0.3, 0.4) is 0 Å². The lowest BCUT2D eigenvalue weighted by atomic mass is 10.3. The average molecular weight is 176 g/mol. The molecule has 0 aliphatic rings. The van der Waals surface area contributed by atoms with Gasteiger partial charge in [0.05, 0.1) is 20.6 Å². The van der Waals surface area contributed by atoms with Crippen molar-refractivity contribution < 1.29 is 4.57 Å². The minimum Gasteiger partial charge on any atom is -0.320 e. The molecule has 0 atom stereocenters. The second-order valence-corrected chi connectivity index (χ2v) is 3.23. The summed E-state index contributed by atoms with van der Waals surface area (Å²) in [5.41, 5.74) is 8.13. The van der Waals surface area contributed by atoms with Crippen LogP contribution >= 0.6 is 0 Å². The molecule has 1 heterocycles. The molecule has 1 aromatic carbocycles. The highest BCUT2D eigenvalue weighted by molar-refractivity contribution is 5.71. The lowest BCUT2D eigenvalue weighted by Gasteiger charge is -1.91. The Morgan fingerprint density at radius 1 is 1.38 bits per heavy atom. The molecule has 0 saturated heterocycles. The molecule has 0 fully saturated rings. The van der Waals surface area contributed by atoms with Gasteiger partial charge in [-0.15, -0.1) is 0 Å². The van der Waals surface area contributed by atoms with Crippen molar-refractivity contribution in [3.8, 4) is 0 Å². The molecule has 1 aromatic heterocycles. The van der Waals surface area contributed by atoms with Gasteiger partial charge in [0.1, 0.15) is 0 Å². The van der Waals surface area contributed by atoms with Gasteiger partial charge in [0, 0.05) is 0 Å². The van der Waals surface area contributed by atoms with Gasteiger partial charge in [0.25, 0.3) is 5.82 Å². The molecular weight excluding hydrogens is 162 g/mol. The van der Waals surface area contributed by atoms with E-state index in [4.69, 9.17) is 5.73 Å². The van der Waals surface area contributed by atoms with Crippen molar-refractivity contribution >= 4 is 11.0 Å². The van der Waals surface area contributed by atoms with Crippen LogP contribution in [0.4, 0.5) is 0 Å². The van der Waals surface area contributed by atoms with E-state index in [2.05, 4.69) is 21.3 Å². The predicted molar refractivity (Wildman–Crippen MR) is 52.0 cm³/mol. The smallest absolute Gasteiger partial charge is 0.270 e. The number of aryl methyl sites for hydroxylation is 2. The van der Waals surface area contributed by atoms with Gasteiger partial charge < -0.3 is 5.73 Å². The van der Waals surface area contributed by atoms with Crippen LogP contribution < -0.4 is 10.3 Å². The van der Waals surface area contributed by atoms with Gasteiger partial charge in [-0.05, 0) is 12.1 Å². The Balaban J connectivity index is 2.88. The summed E-state index contributed by atoms with van der Waals surface area (Å²) < 4.78 is 4.27. The van der Waals surface area contributed by atoms with Crippen LogP contribution in [-0.2, 0) is 20.6 Å². The van der Waals surface area contributed by atoms with Gasteiger partial charge in [0.2, 0.25) is 0 Å². The van der Waals surface area contributed by atoms with Crippen molar-refractivity contribution in [1.82, 2.24) is 4.57 Å². The summed E-state index contributed by atoms with van der Waals surface area (Å²) in [5.74, 6) is 1.14. The monoisotopic (exact) mass is 176 g/mol. The summed E-state index contributed by atoms with van der Waals surface area (Å²) in [7, 11) is 4.09. The Kier molecular flexibility index (Phi) is 1.81. The van der Waals surface area contributed by atoms with Crippen LogP contribution in [0.25, 0.3) is 11.0 Å². The van der Waals surface area contributed by atoms with E-state index in [0.29, 0.717) is 6.54 Å². The fourth-order valence-corrected chi connectivity index (χ4v) is 1.81. The van der Waals surface area contributed by atoms with Crippen LogP contribution in [0.5, 0.6) is 0 Å². The zero-order valence-corrected chi connectivity index (χ0v) is 7.99. The molecule has 3 nitrogen and oxygen atoms in total. The summed E-state index contributed by atoms with van der Waals surface area (Å²) in [6.45, 7) is 0.571. The summed E-state index contributed by atoms with van der Waals surface area (Å²) in [5, 5.41) is 0. The molecule has 2 aromatic rings. The zero-order chi connectivity index (χ0) is 9.42. The maximum atomic E-state index is 5.67. The van der Waals surface area contributed by atoms with E-state index in [0.717, 1.165) is 5.82 Å². The van der Waals surface area contributed by atoms with Crippen molar-refractivity contribution in [3.05, 3.63) is 30.1 Å². The number of benzene rings is 1. The van der Waals surface area contributed by atoms with E-state index in [1.54, 1.807) is 0 Å². The topological polar surface area (TPSA) is 34.8 Å². The van der Waals surface area contributed by atoms with Gasteiger partial charge in [-0.25, -0.2) is 9.13 Å². The summed E-state index contributed by atoms with van der Waals surface area (Å²) >= 11 is 0. The molecule has 3 heteroatoms. The molecule has 0 radical (unpaired) electrons. The van der Waals surface area contributed by atoms with Crippen molar-refractivity contribution in [3.63, 3.8) is 0 Å². The first-order valence-electron chi connectivity index (χ1n) is 4.38. The normalized spacial score (nSPS) is 11.0. The molecule has 0 amide bonds. The van der Waals surface area contributed by atoms with Crippen molar-refractivity contribution in [2.45, 2.75) is 6.54 Å². The number of aromatic nitrogens is 2. The molecule has 13 heavy (non-hydrogen) atoms. The number of imidazole rings is 1. The van der Waals surface area contributed by atoms with Crippen LogP contribution in [0.2, 0.25) is 0 Å². The quantitative estimate of drug-likeness (QED) is 0.629. The number of rotatable bonds is 1. The highest BCUT2D eigenvalue weighted by Crippen LogP contribution is 2.11. The number of fused-ring (bicyclic) bond motifs is 1. The maximum absolute atomic E-state index is 5.67. The number of hydrogen-bond donors (Lipinski definition) is 1. The lowest BCUT2D eigenvalue weighted by Crippen LogP contribution is -2.34. The van der Waals surface area contributed by atoms with Gasteiger partial charge in [0.15, 0.2) is 11.0 Å². The van der Waals surface area contributed by atoms with Crippen LogP contribution in [0.15, 0.2) is 24.3 Å². The second kappa shape index (κ2) is 2.85. The zero-order valence-electron chi connectivity index (χ0n) is 7.99. The number of hydrogen-bond acceptors (Lipinski definition) is 1. The average Bonchev–Trinajstić information content (AvgIpc) is 2.41. The second-order valence-electron chi connectivity index (χ2n) is 3.23. The van der Waals surface area contributed by atoms with Crippen molar-refractivity contribution in [2.75, 3.05) is 0 Å². The Bertz CT molecular complexity index is 404. The first-order chi connectivity index (χ1) is 6.25. The van der Waals surface area contributed by atoms with E-state index < -0.39 is 0 Å². The third kappa shape index (κ3) is 1.04. The van der Waals surface area contributed by atoms with Gasteiger partial charge in [-0.3, -0.25) is 0 Å². The van der Waals surface area contributed by atoms with Crippen LogP contribution in [0.1, 0.15) is 5.82 Å². The number of nitrogens with zero attached hydrogens (tertiary/aromatic N) is 2. The lowest BCUT2D eigenvalue weighted by molar-refractivity contribution is -0.653. The fourth-order valence-electron chi connectivity index (χ4n) is 1.81. The summed E-state index contributed by atoms with van der Waals surface area (Å²) in [6.07, 6.45) is 0. The molecule has 2 N–H and O–H groups in total. The molecule has 68 valence electrons. The third-order valence-corrected chi connectivity index (χ3v) is 2.56. The minimum atomic E-state index is 0.571. The van der Waals surface area contributed by atoms with Crippen molar-refractivity contribution in [1.29, 1.82) is 0 Å². The molecule has 0 saturated carbocycles. The molecule has 2 rings (SSSR count). The van der Waals surface area contributed by atoms with Crippen LogP contribution in [0, 0.1) is 0 Å². The highest BCUT2D eigenvalue weighted by atomic mass is 15.1. The summed E-state index contributed by atoms with van der Waals surface area (Å²) in [4.78, 5) is 0. The highest BCUT2D eigenvalue weighted by Gasteiger charge is 2.16. The Morgan fingerprint density at radius 3 is 2.69 bits per heavy atom. The maximum Gasteiger partial charge on any atom is 0.270 e. The fraction of sp³-hybridized carbons (Fsp3) is 0.300. The first-order valence-corrected chi connectivity index (χ1v) is 4.38. The molecule has 0 aliphatic heterocycles. The predicted octanol–water partition coefficient (Wildman–Crippen LogP) is 0.462. The van der Waals surface area contributed by atoms with E-state index >= 15 is 0 Å². The third-order valence-electron chi connectivity index (χ3n) is 2.56. The summed E-state index contributed by atoms with van der Waals surface area (Å²) in [6, 6.07) is 8.30. The molecule has 0 bridgehead atoms. The minimum absolute atomic E-state index is 0.571. The standard InChI is InChI=1S/C10H14N3/c1-12-8-5-3-4-6-9(8)13(2)10(12)7-11/h3-6H,7,11H2,1-2H3/q+1. The molecular formula is C10H14N3+. The van der Waals surface area contributed by atoms with Gasteiger partial charge in [-0.2, -0.15) is 0 Å². The van der Waals surface area contributed by atoms with Gasteiger partial charge in [-0.1, -0.05) is 12.1 Å². The number of para-hydroxylation sites is 2. The molecule has 0 spiro atoms. The first kappa shape index (κ1) is 8.26. The number of nitrogens with two attached hydrogens (primary N) is 1. The Hall–Kier alpha value is -1.35. The largest absolute Gasteiger partial charge is 0.320 e. The van der Waals surface area contributed by atoms with Gasteiger partial charge >= 0.3 is 0 Å². The van der Waals surface area contributed by atoms with Crippen molar-refractivity contribution in [2.24, 2.45) is 19.8 Å². The van der Waals surface area contributed by atoms with E-state index in [1.165, 1.54) is 11.0 Å². The van der Waals surface area contributed by atoms with E-state index in [-0.39, 0.29) is 0 Å². The molecule has 0 aliphatic carbocycles. The SMILES string of the molecule is Cn1c(CN)[n+](C)c2ccccc21. The Morgan fingerprint density at radius 2 is 2.08 bits per heavy atom. The molecule has 0 unspecified atom stereocenters. The van der Waals surface area contributed by atoms with E-state index in [1.807, 2.05) is 26.2 Å².